The standard InChI is InChI=1S/7CH4.H2/h7*1H4;1H/i;;;;;;;1+2T. The molecule has 0 aliphatic heterocycles. The average molecular weight is 118 g/mol. The molecule has 0 aromatic rings. The van der Waals surface area contributed by atoms with Gasteiger partial charge >= 0.3 is 0 Å². The summed E-state index contributed by atoms with van der Waals surface area (Å²) in [6, 6.07) is 0. The molecule has 0 bridgehead atoms. The van der Waals surface area contributed by atoms with Crippen molar-refractivity contribution in [3.05, 3.63) is 0 Å². The van der Waals surface area contributed by atoms with Crippen LogP contribution in [0.15, 0.2) is 0 Å². The number of rotatable bonds is 0. The van der Waals surface area contributed by atoms with Crippen molar-refractivity contribution in [2.45, 2.75) is 52.0 Å². The van der Waals surface area contributed by atoms with E-state index in [-0.39, 0.29) is 52.0 Å². The van der Waals surface area contributed by atoms with E-state index in [1.54, 1.807) is 0 Å². The molecule has 0 radical (unpaired) electrons. The van der Waals surface area contributed by atoms with Gasteiger partial charge in [0.25, 0.3) is 0 Å². The van der Waals surface area contributed by atoms with Crippen LogP contribution in [0, 0.1) is 0 Å². The van der Waals surface area contributed by atoms with E-state index in [4.69, 9.17) is 2.97 Å². The van der Waals surface area contributed by atoms with Crippen molar-refractivity contribution in [3.63, 3.8) is 0 Å². The predicted molar refractivity (Wildman–Crippen MR) is 49.2 cm³/mol. The molecular weight excluding hydrogens is 84.1 g/mol. The highest BCUT2D eigenvalue weighted by atomic mass is 12.0. The summed E-state index contributed by atoms with van der Waals surface area (Å²) in [6.45, 7) is 0. The van der Waals surface area contributed by atoms with Gasteiger partial charge in [0, 0.05) is 2.97 Å². The second-order valence-corrected chi connectivity index (χ2v) is 0. The van der Waals surface area contributed by atoms with Gasteiger partial charge in [-0.1, -0.05) is 52.0 Å². The molecule has 0 aliphatic rings. The zero-order valence-corrected chi connectivity index (χ0v) is 0. The van der Waals surface area contributed by atoms with Crippen LogP contribution in [0.4, 0.5) is 0 Å². The van der Waals surface area contributed by atoms with Gasteiger partial charge in [-0.05, 0) is 0 Å². The SMILES string of the molecule is C.C.C.C.C.C.C.[3H][3H]. The van der Waals surface area contributed by atoms with Gasteiger partial charge in [0.1, 0.15) is 0 Å². The lowest BCUT2D eigenvalue weighted by Crippen LogP contribution is 0.143. The maximum atomic E-state index is 5.00. The van der Waals surface area contributed by atoms with Crippen molar-refractivity contribution in [1.29, 1.82) is 0 Å². The van der Waals surface area contributed by atoms with Crippen LogP contribution in [-0.4, -0.2) is 0 Å². The Kier molecular flexibility index (Phi) is 0. The molecule has 0 aromatic carbocycles. The molecule has 0 unspecified atom stereocenters. The first-order valence-corrected chi connectivity index (χ1v) is 0. The fourth-order valence-corrected chi connectivity index (χ4v) is 0. The lowest BCUT2D eigenvalue weighted by atomic mass is 12.0. The Morgan fingerprint density at radius 2 is 0.429 bits per heavy atom. The molecule has 7 heavy (non-hydrogen) atoms. The molecule has 0 spiro atoms. The summed E-state index contributed by atoms with van der Waals surface area (Å²) >= 11 is 0. The topological polar surface area (TPSA) is 0 Å². The van der Waals surface area contributed by atoms with E-state index in [9.17, 15) is 0 Å². The number of hydrogen-bond donors (Lipinski definition) is 0. The summed E-state index contributed by atoms with van der Waals surface area (Å²) in [5.74, 6) is 0. The Bertz CT molecular complexity index is 6.88. The van der Waals surface area contributed by atoms with Crippen LogP contribution in [0.3, 0.4) is 0 Å². The zero-order valence-electron chi connectivity index (χ0n) is 2.00. The third kappa shape index (κ3) is 0. The summed E-state index contributed by atoms with van der Waals surface area (Å²) in [5, 5.41) is 0. The van der Waals surface area contributed by atoms with Gasteiger partial charge in [0.05, 0.1) is 0 Å². The van der Waals surface area contributed by atoms with Crippen molar-refractivity contribution in [3.8, 4) is 0 Å². The number of hydrogen-bond acceptors (Lipinski definition) is 0. The lowest BCUT2D eigenvalue weighted by Gasteiger charge is -0.0786. The largest absolute Gasteiger partial charge is 0.0776 e. The first kappa shape index (κ1) is 252. The Hall–Kier alpha value is 0. The maximum absolute atomic E-state index is 5.00. The highest BCUT2D eigenvalue weighted by Gasteiger charge is -0.0716. The predicted octanol–water partition coefficient (Wildman–Crippen LogP) is 4.70. The van der Waals surface area contributed by atoms with Crippen LogP contribution in [-0.2, 0) is 0 Å². The lowest BCUT2D eigenvalue weighted by molar-refractivity contribution is 2.50. The van der Waals surface area contributed by atoms with Crippen LogP contribution in [0.2, 0.25) is 0 Å². The summed E-state index contributed by atoms with van der Waals surface area (Å²) < 4.78 is 10.0. The van der Waals surface area contributed by atoms with E-state index >= 15 is 0 Å². The van der Waals surface area contributed by atoms with Crippen LogP contribution in [0.1, 0.15) is 55.0 Å². The van der Waals surface area contributed by atoms with Gasteiger partial charge in [-0.2, -0.15) is 0 Å². The van der Waals surface area contributed by atoms with Gasteiger partial charge in [0.2, 0.25) is 0 Å². The summed E-state index contributed by atoms with van der Waals surface area (Å²) in [7, 11) is 0. The molecule has 0 rings (SSSR count). The van der Waals surface area contributed by atoms with E-state index < -0.39 is 0 Å². The molecule has 0 heteroatoms. The van der Waals surface area contributed by atoms with Crippen LogP contribution < -0.4 is 0 Å². The van der Waals surface area contributed by atoms with Crippen molar-refractivity contribution in [2.24, 2.45) is 0 Å². The quantitative estimate of drug-likeness (QED) is 0.432. The smallest absolute Gasteiger partial charge is 0 e. The summed E-state index contributed by atoms with van der Waals surface area (Å²) in [5.41, 5.74) is 0. The fraction of sp³-hybridized carbons (Fsp3) is 1.00. The molecule has 0 atom stereocenters. The van der Waals surface area contributed by atoms with E-state index in [0.29, 0.717) is 0 Å². The highest BCUT2D eigenvalue weighted by Crippen LogP contribution is 0.150. The molecule has 0 aromatic heterocycles. The highest BCUT2D eigenvalue weighted by molar-refractivity contribution is 2.51. The van der Waals surface area contributed by atoms with E-state index in [0.717, 1.165) is 0 Å². The maximum Gasteiger partial charge on any atom is 0 e. The van der Waals surface area contributed by atoms with Crippen LogP contribution in [0.5, 0.6) is 0 Å². The average Bonchev–Trinajstić information content (AvgIpc) is 1.00. The van der Waals surface area contributed by atoms with Crippen molar-refractivity contribution in [1.82, 2.24) is 0 Å². The van der Waals surface area contributed by atoms with Gasteiger partial charge in [0.15, 0.2) is 0 Å². The fourth-order valence-electron chi connectivity index (χ4n) is 0. The molecular formula is C7H30. The van der Waals surface area contributed by atoms with Crippen molar-refractivity contribution >= 4 is 0 Å². The van der Waals surface area contributed by atoms with E-state index in [1.807, 2.05) is 0 Å². The monoisotopic (exact) mass is 118 g/mol. The Morgan fingerprint density at radius 1 is 0.429 bits per heavy atom. The van der Waals surface area contributed by atoms with Crippen molar-refractivity contribution < 1.29 is 2.97 Å². The third-order valence-corrected chi connectivity index (χ3v) is 0. The normalized spacial score (nSPS) is 1.14. The minimum atomic E-state index is 0. The molecule has 0 amide bonds. The first-order valence-electron chi connectivity index (χ1n) is 1.00. The zero-order chi connectivity index (χ0) is 2.00. The Morgan fingerprint density at radius 3 is 0.429 bits per heavy atom. The third-order valence-electron chi connectivity index (χ3n) is 0. The van der Waals surface area contributed by atoms with Crippen LogP contribution >= 0.6 is 0 Å². The molecule has 58 valence electrons. The minimum Gasteiger partial charge on any atom is -0.0776 e. The Balaban J connectivity index is -0.000000000238. The molecule has 0 nitrogen and oxygen atoms in total. The van der Waals surface area contributed by atoms with E-state index in [1.165, 1.54) is 0 Å². The molecule has 0 aliphatic carbocycles. The molecule has 0 fully saturated rings. The second-order valence-electron chi connectivity index (χ2n) is 0. The second kappa shape index (κ2) is 0. The minimum absolute atomic E-state index is 0. The first-order chi connectivity index (χ1) is 1.00. The molecule has 0 saturated heterocycles. The molecule has 0 saturated carbocycles. The van der Waals surface area contributed by atoms with Gasteiger partial charge in [-0.15, -0.1) is 0 Å². The molecule has 0 heterocycles. The van der Waals surface area contributed by atoms with E-state index in [2.05, 4.69) is 0 Å². The summed E-state index contributed by atoms with van der Waals surface area (Å²) in [4.78, 5) is 0. The van der Waals surface area contributed by atoms with Gasteiger partial charge < -0.3 is 0 Å². The van der Waals surface area contributed by atoms with Gasteiger partial charge in [-0.3, -0.25) is 0 Å². The molecule has 0 N–H and O–H groups in total. The summed E-state index contributed by atoms with van der Waals surface area (Å²) in [6.07, 6.45) is 0. The van der Waals surface area contributed by atoms with Crippen molar-refractivity contribution in [2.75, 3.05) is 0 Å². The van der Waals surface area contributed by atoms with Gasteiger partial charge in [-0.25, -0.2) is 0 Å². The Labute approximate surface area is 56.0 Å². The van der Waals surface area contributed by atoms with Crippen LogP contribution in [0.25, 0.3) is 0 Å².